The summed E-state index contributed by atoms with van der Waals surface area (Å²) >= 11 is 4.89. The lowest BCUT2D eigenvalue weighted by molar-refractivity contribution is -0.165. The van der Waals surface area contributed by atoms with Gasteiger partial charge in [0.25, 0.3) is 0 Å². The third-order valence-corrected chi connectivity index (χ3v) is 8.27. The van der Waals surface area contributed by atoms with Gasteiger partial charge < -0.3 is 15.0 Å². The fourth-order valence-electron chi connectivity index (χ4n) is 4.58. The number of hydrogen-bond acceptors (Lipinski definition) is 5. The largest absolute Gasteiger partial charge is 0.451 e. The number of nitrogens with zero attached hydrogens (tertiary/aromatic N) is 1. The first-order chi connectivity index (χ1) is 18.1. The fraction of sp³-hybridized carbons (Fsp3) is 0.207. The Morgan fingerprint density at radius 3 is 2.05 bits per heavy atom. The number of hydrogen-bond donors (Lipinski definition) is 1. The van der Waals surface area contributed by atoms with E-state index >= 15 is 0 Å². The first-order valence-corrected chi connectivity index (χ1v) is 14.0. The molecule has 0 bridgehead atoms. The number of carbonyl (C=O) groups is 3. The molecule has 0 aromatic heterocycles. The third kappa shape index (κ3) is 5.36. The predicted molar refractivity (Wildman–Crippen MR) is 147 cm³/mol. The van der Waals surface area contributed by atoms with E-state index in [2.05, 4.69) is 21.2 Å². The Morgan fingerprint density at radius 1 is 0.919 bits per heavy atom. The molecule has 3 atom stereocenters. The van der Waals surface area contributed by atoms with Gasteiger partial charge in [0.2, 0.25) is 11.8 Å². The van der Waals surface area contributed by atoms with E-state index in [0.29, 0.717) is 5.33 Å². The molecule has 2 aliphatic rings. The van der Waals surface area contributed by atoms with E-state index in [1.807, 2.05) is 96.4 Å². The highest BCUT2D eigenvalue weighted by atomic mass is 79.9. The van der Waals surface area contributed by atoms with Crippen molar-refractivity contribution in [1.82, 2.24) is 10.2 Å². The normalized spacial score (nSPS) is 20.5. The van der Waals surface area contributed by atoms with Gasteiger partial charge in [0, 0.05) is 5.33 Å². The molecule has 2 unspecified atom stereocenters. The second-order valence-electron chi connectivity index (χ2n) is 8.85. The third-order valence-electron chi connectivity index (χ3n) is 6.41. The number of β-lactam (4-membered cyclic amide) rings is 1. The molecule has 3 aromatic rings. The standard InChI is InChI=1S/C29H25BrN2O4S/c30-17-22-18-37-28-24(31-23(33)16-19-10-4-1-5-11-19)27(34)32(28)25(22)29(35)36-26(20-12-6-2-7-13-20)21-14-8-3-9-15-21/h1-15,18,24-26,28H,16-17H2,(H,31,33)/t24?,25?,28-/m1/s1. The molecule has 1 saturated heterocycles. The zero-order valence-corrected chi connectivity index (χ0v) is 22.2. The molecule has 0 spiro atoms. The van der Waals surface area contributed by atoms with Crippen LogP contribution in [-0.4, -0.2) is 45.5 Å². The number of fused-ring (bicyclic) bond motifs is 1. The number of halogens is 1. The number of amides is 2. The summed E-state index contributed by atoms with van der Waals surface area (Å²) in [4.78, 5) is 41.0. The molecule has 8 heteroatoms. The number of rotatable bonds is 8. The topological polar surface area (TPSA) is 75.7 Å². The van der Waals surface area contributed by atoms with Crippen molar-refractivity contribution >= 4 is 45.5 Å². The van der Waals surface area contributed by atoms with Crippen molar-refractivity contribution in [3.8, 4) is 0 Å². The van der Waals surface area contributed by atoms with Crippen LogP contribution >= 0.6 is 27.7 Å². The highest BCUT2D eigenvalue weighted by Gasteiger charge is 2.56. The molecular weight excluding hydrogens is 552 g/mol. The Labute approximate surface area is 228 Å². The molecule has 3 aromatic carbocycles. The van der Waals surface area contributed by atoms with Gasteiger partial charge in [-0.2, -0.15) is 0 Å². The fourth-order valence-corrected chi connectivity index (χ4v) is 6.49. The maximum atomic E-state index is 13.7. The van der Waals surface area contributed by atoms with Gasteiger partial charge in [0.15, 0.2) is 12.1 Å². The van der Waals surface area contributed by atoms with Crippen molar-refractivity contribution in [3.05, 3.63) is 119 Å². The first-order valence-electron chi connectivity index (χ1n) is 11.9. The van der Waals surface area contributed by atoms with Crippen LogP contribution in [0.2, 0.25) is 0 Å². The number of alkyl halides is 1. The van der Waals surface area contributed by atoms with E-state index in [0.717, 1.165) is 22.3 Å². The van der Waals surface area contributed by atoms with E-state index < -0.39 is 24.2 Å². The number of benzene rings is 3. The summed E-state index contributed by atoms with van der Waals surface area (Å²) in [7, 11) is 0. The zero-order chi connectivity index (χ0) is 25.8. The van der Waals surface area contributed by atoms with Crippen LogP contribution in [0.3, 0.4) is 0 Å². The number of carbonyl (C=O) groups excluding carboxylic acids is 3. The average Bonchev–Trinajstić information content (AvgIpc) is 2.95. The van der Waals surface area contributed by atoms with E-state index in [1.165, 1.54) is 16.7 Å². The van der Waals surface area contributed by atoms with Crippen molar-refractivity contribution in [3.63, 3.8) is 0 Å². The lowest BCUT2D eigenvalue weighted by Crippen LogP contribution is -2.74. The van der Waals surface area contributed by atoms with Crippen molar-refractivity contribution < 1.29 is 19.1 Å². The molecule has 0 aliphatic carbocycles. The smallest absolute Gasteiger partial charge is 0.334 e. The Morgan fingerprint density at radius 2 is 1.49 bits per heavy atom. The van der Waals surface area contributed by atoms with Crippen LogP contribution in [0.1, 0.15) is 22.8 Å². The quantitative estimate of drug-likeness (QED) is 0.241. The monoisotopic (exact) mass is 576 g/mol. The van der Waals surface area contributed by atoms with E-state index in [1.54, 1.807) is 0 Å². The maximum Gasteiger partial charge on any atom is 0.334 e. The molecule has 5 rings (SSSR count). The highest BCUT2D eigenvalue weighted by Crippen LogP contribution is 2.41. The summed E-state index contributed by atoms with van der Waals surface area (Å²) < 4.78 is 6.10. The summed E-state index contributed by atoms with van der Waals surface area (Å²) in [5.41, 5.74) is 3.30. The lowest BCUT2D eigenvalue weighted by atomic mass is 9.97. The Kier molecular flexibility index (Phi) is 7.76. The van der Waals surface area contributed by atoms with Gasteiger partial charge in [-0.25, -0.2) is 4.79 Å². The molecule has 188 valence electrons. The Hall–Kier alpha value is -3.36. The van der Waals surface area contributed by atoms with Gasteiger partial charge in [0.05, 0.1) is 6.42 Å². The minimum atomic E-state index is -0.865. The molecule has 0 saturated carbocycles. The molecule has 37 heavy (non-hydrogen) atoms. The molecule has 6 nitrogen and oxygen atoms in total. The van der Waals surface area contributed by atoms with Crippen LogP contribution in [0.5, 0.6) is 0 Å². The summed E-state index contributed by atoms with van der Waals surface area (Å²) in [5.74, 6) is -1.02. The van der Waals surface area contributed by atoms with Gasteiger partial charge in [-0.3, -0.25) is 9.59 Å². The number of ether oxygens (including phenoxy) is 1. The van der Waals surface area contributed by atoms with Gasteiger partial charge >= 0.3 is 5.97 Å². The van der Waals surface area contributed by atoms with E-state index in [9.17, 15) is 14.4 Å². The number of nitrogens with one attached hydrogen (secondary N) is 1. The molecule has 0 radical (unpaired) electrons. The van der Waals surface area contributed by atoms with Gasteiger partial charge in [-0.15, -0.1) is 11.8 Å². The van der Waals surface area contributed by atoms with Crippen LogP contribution in [0.4, 0.5) is 0 Å². The lowest BCUT2D eigenvalue weighted by Gasteiger charge is -2.51. The number of esters is 1. The molecular formula is C29H25BrN2O4S. The minimum Gasteiger partial charge on any atom is -0.451 e. The van der Waals surface area contributed by atoms with Crippen molar-refractivity contribution in [1.29, 1.82) is 0 Å². The van der Waals surface area contributed by atoms with E-state index in [4.69, 9.17) is 4.74 Å². The van der Waals surface area contributed by atoms with Crippen molar-refractivity contribution in [2.45, 2.75) is 30.0 Å². The van der Waals surface area contributed by atoms with Crippen LogP contribution in [-0.2, 0) is 25.5 Å². The van der Waals surface area contributed by atoms with Gasteiger partial charge in [-0.1, -0.05) is 107 Å². The Balaban J connectivity index is 1.34. The predicted octanol–water partition coefficient (Wildman–Crippen LogP) is 4.61. The van der Waals surface area contributed by atoms with Crippen molar-refractivity contribution in [2.24, 2.45) is 0 Å². The average molecular weight is 578 g/mol. The molecule has 1 N–H and O–H groups in total. The summed E-state index contributed by atoms with van der Waals surface area (Å²) in [6.45, 7) is 0. The minimum absolute atomic E-state index is 0.186. The second kappa shape index (κ2) is 11.4. The van der Waals surface area contributed by atoms with E-state index in [-0.39, 0.29) is 23.6 Å². The van der Waals surface area contributed by atoms with Crippen LogP contribution < -0.4 is 5.32 Å². The van der Waals surface area contributed by atoms with Crippen molar-refractivity contribution in [2.75, 3.05) is 5.33 Å². The zero-order valence-electron chi connectivity index (χ0n) is 19.8. The number of thioether (sulfide) groups is 1. The Bertz CT molecular complexity index is 1260. The summed E-state index contributed by atoms with van der Waals surface area (Å²) in [5, 5.41) is 4.79. The van der Waals surface area contributed by atoms with Crippen LogP contribution in [0.15, 0.2) is 102 Å². The molecule has 2 amide bonds. The van der Waals surface area contributed by atoms with Gasteiger partial charge in [-0.05, 0) is 27.7 Å². The molecule has 2 heterocycles. The highest BCUT2D eigenvalue weighted by molar-refractivity contribution is 9.09. The molecule has 2 aliphatic heterocycles. The summed E-state index contributed by atoms with van der Waals surface area (Å²) in [6.07, 6.45) is -0.427. The van der Waals surface area contributed by atoms with Crippen LogP contribution in [0.25, 0.3) is 0 Å². The van der Waals surface area contributed by atoms with Crippen LogP contribution in [0, 0.1) is 0 Å². The first kappa shape index (κ1) is 25.3. The maximum absolute atomic E-state index is 13.7. The SMILES string of the molecule is O=C(Cc1ccccc1)NC1C(=O)N2C(C(=O)OC(c3ccccc3)c3ccccc3)C(CBr)=CS[C@H]12. The van der Waals surface area contributed by atoms with Gasteiger partial charge in [0.1, 0.15) is 11.4 Å². The summed E-state index contributed by atoms with van der Waals surface area (Å²) in [6, 6.07) is 26.9. The molecule has 1 fully saturated rings. The second-order valence-corrected chi connectivity index (χ2v) is 10.4.